The molecule has 0 aliphatic rings. The van der Waals surface area contributed by atoms with Crippen LogP contribution in [0.15, 0.2) is 78.4 Å². The lowest BCUT2D eigenvalue weighted by molar-refractivity contribution is -0.112. The Bertz CT molecular complexity index is 1170. The van der Waals surface area contributed by atoms with Crippen LogP contribution in [0.5, 0.6) is 11.5 Å². The molecule has 0 aliphatic carbocycles. The summed E-state index contributed by atoms with van der Waals surface area (Å²) < 4.78 is 10.7. The Morgan fingerprint density at radius 2 is 1.71 bits per heavy atom. The van der Waals surface area contributed by atoms with E-state index in [4.69, 9.17) is 21.1 Å². The van der Waals surface area contributed by atoms with Gasteiger partial charge >= 0.3 is 5.97 Å². The number of rotatable bonds is 6. The monoisotopic (exact) mass is 432 g/mol. The van der Waals surface area contributed by atoms with E-state index in [1.165, 1.54) is 19.3 Å². The highest BCUT2D eigenvalue weighted by atomic mass is 35.5. The number of nitrogens with one attached hydrogen (secondary N) is 1. The Labute approximate surface area is 184 Å². The first-order chi connectivity index (χ1) is 15.0. The topological polar surface area (TPSA) is 88.4 Å². The number of methoxy groups -OCH3 is 1. The van der Waals surface area contributed by atoms with E-state index in [0.717, 1.165) is 0 Å². The highest BCUT2D eigenvalue weighted by molar-refractivity contribution is 6.30. The number of halogens is 1. The first kappa shape index (κ1) is 21.6. The van der Waals surface area contributed by atoms with E-state index < -0.39 is 11.9 Å². The van der Waals surface area contributed by atoms with Gasteiger partial charge in [0, 0.05) is 10.7 Å². The minimum Gasteiger partial charge on any atom is -0.493 e. The average molecular weight is 433 g/mol. The van der Waals surface area contributed by atoms with Crippen molar-refractivity contribution >= 4 is 35.2 Å². The summed E-state index contributed by atoms with van der Waals surface area (Å²) in [6.07, 6.45) is 1.41. The minimum absolute atomic E-state index is 0.106. The summed E-state index contributed by atoms with van der Waals surface area (Å²) in [5.41, 5.74) is 1.33. The second-order valence-electron chi connectivity index (χ2n) is 6.30. The molecule has 0 bridgehead atoms. The molecule has 0 aromatic heterocycles. The zero-order valence-electron chi connectivity index (χ0n) is 16.5. The minimum atomic E-state index is -0.566. The fraction of sp³-hybridized carbons (Fsp3) is 0.0417. The van der Waals surface area contributed by atoms with E-state index in [-0.39, 0.29) is 17.1 Å². The maximum Gasteiger partial charge on any atom is 0.343 e. The lowest BCUT2D eigenvalue weighted by Crippen LogP contribution is -2.13. The Balaban J connectivity index is 1.79. The van der Waals surface area contributed by atoms with E-state index >= 15 is 0 Å². The summed E-state index contributed by atoms with van der Waals surface area (Å²) in [7, 11) is 1.43. The number of esters is 1. The van der Waals surface area contributed by atoms with Crippen molar-refractivity contribution in [3.05, 3.63) is 94.5 Å². The number of nitriles is 1. The number of carbonyl (C=O) groups is 2. The third-order valence-electron chi connectivity index (χ3n) is 4.18. The van der Waals surface area contributed by atoms with Crippen molar-refractivity contribution in [3.63, 3.8) is 0 Å². The largest absolute Gasteiger partial charge is 0.493 e. The van der Waals surface area contributed by atoms with Crippen LogP contribution < -0.4 is 14.8 Å². The molecule has 0 aliphatic heterocycles. The van der Waals surface area contributed by atoms with Crippen LogP contribution in [-0.4, -0.2) is 19.0 Å². The Hall–Kier alpha value is -4.08. The molecule has 7 heteroatoms. The molecule has 3 aromatic carbocycles. The highest BCUT2D eigenvalue weighted by Crippen LogP contribution is 2.30. The summed E-state index contributed by atoms with van der Waals surface area (Å²) in [4.78, 5) is 24.7. The van der Waals surface area contributed by atoms with Crippen molar-refractivity contribution < 1.29 is 19.1 Å². The van der Waals surface area contributed by atoms with Gasteiger partial charge in [0.2, 0.25) is 0 Å². The standard InChI is InChI=1S/C24H17ClN2O4/c1-30-22-14-16(7-12-21(22)31-24(29)17-5-3-2-4-6-17)13-18(15-26)23(28)27-20-10-8-19(25)9-11-20/h2-14H,1H3,(H,27,28)/b18-13+. The molecular weight excluding hydrogens is 416 g/mol. The predicted molar refractivity (Wildman–Crippen MR) is 118 cm³/mol. The molecule has 0 saturated carbocycles. The second kappa shape index (κ2) is 10.1. The van der Waals surface area contributed by atoms with Gasteiger partial charge in [0.05, 0.1) is 12.7 Å². The van der Waals surface area contributed by atoms with Crippen LogP contribution >= 0.6 is 11.6 Å². The number of carbonyl (C=O) groups excluding carboxylic acids is 2. The van der Waals surface area contributed by atoms with E-state index in [9.17, 15) is 14.9 Å². The van der Waals surface area contributed by atoms with Crippen molar-refractivity contribution in [2.75, 3.05) is 12.4 Å². The zero-order chi connectivity index (χ0) is 22.2. The molecule has 1 N–H and O–H groups in total. The van der Waals surface area contributed by atoms with Gasteiger partial charge in [-0.25, -0.2) is 4.79 Å². The van der Waals surface area contributed by atoms with Gasteiger partial charge in [0.15, 0.2) is 11.5 Å². The SMILES string of the molecule is COc1cc(/C=C(\C#N)C(=O)Nc2ccc(Cl)cc2)ccc1OC(=O)c1ccccc1. The lowest BCUT2D eigenvalue weighted by Gasteiger charge is -2.10. The fourth-order valence-electron chi connectivity index (χ4n) is 2.64. The third kappa shape index (κ3) is 5.72. The molecule has 0 fully saturated rings. The van der Waals surface area contributed by atoms with Crippen molar-refractivity contribution in [3.8, 4) is 17.6 Å². The van der Waals surface area contributed by atoms with Crippen molar-refractivity contribution in [1.29, 1.82) is 5.26 Å². The first-order valence-electron chi connectivity index (χ1n) is 9.14. The van der Waals surface area contributed by atoms with Crippen LogP contribution in [0.2, 0.25) is 5.02 Å². The van der Waals surface area contributed by atoms with Gasteiger partial charge in [0.25, 0.3) is 5.91 Å². The molecule has 6 nitrogen and oxygen atoms in total. The highest BCUT2D eigenvalue weighted by Gasteiger charge is 2.14. The summed E-state index contributed by atoms with van der Waals surface area (Å²) in [5.74, 6) is -0.586. The molecule has 31 heavy (non-hydrogen) atoms. The molecule has 3 rings (SSSR count). The van der Waals surface area contributed by atoms with Crippen LogP contribution in [0.1, 0.15) is 15.9 Å². The summed E-state index contributed by atoms with van der Waals surface area (Å²) in [5, 5.41) is 12.6. The van der Waals surface area contributed by atoms with E-state index in [2.05, 4.69) is 5.32 Å². The summed E-state index contributed by atoms with van der Waals surface area (Å²) in [6.45, 7) is 0. The number of amides is 1. The maximum absolute atomic E-state index is 12.4. The molecule has 0 atom stereocenters. The van der Waals surface area contributed by atoms with E-state index in [1.54, 1.807) is 66.7 Å². The number of anilines is 1. The Morgan fingerprint density at radius 1 is 1.00 bits per heavy atom. The van der Waals surface area contributed by atoms with Gasteiger partial charge in [-0.2, -0.15) is 5.26 Å². The van der Waals surface area contributed by atoms with Crippen LogP contribution in [0.3, 0.4) is 0 Å². The van der Waals surface area contributed by atoms with Gasteiger partial charge in [-0.15, -0.1) is 0 Å². The number of nitrogens with zero attached hydrogens (tertiary/aromatic N) is 1. The van der Waals surface area contributed by atoms with Crippen LogP contribution in [0.25, 0.3) is 6.08 Å². The van der Waals surface area contributed by atoms with E-state index in [0.29, 0.717) is 21.8 Å². The summed E-state index contributed by atoms with van der Waals surface area (Å²) in [6, 6.07) is 21.7. The molecule has 0 saturated heterocycles. The number of benzene rings is 3. The maximum atomic E-state index is 12.4. The van der Waals surface area contributed by atoms with Crippen LogP contribution in [0, 0.1) is 11.3 Å². The molecule has 3 aromatic rings. The van der Waals surface area contributed by atoms with E-state index in [1.807, 2.05) is 6.07 Å². The molecule has 154 valence electrons. The van der Waals surface area contributed by atoms with Crippen molar-refractivity contribution in [2.24, 2.45) is 0 Å². The number of hydrogen-bond donors (Lipinski definition) is 1. The van der Waals surface area contributed by atoms with Crippen LogP contribution in [0.4, 0.5) is 5.69 Å². The number of ether oxygens (including phenoxy) is 2. The van der Waals surface area contributed by atoms with Crippen molar-refractivity contribution in [1.82, 2.24) is 0 Å². The molecule has 0 spiro atoms. The van der Waals surface area contributed by atoms with Crippen molar-refractivity contribution in [2.45, 2.75) is 0 Å². The molecular formula is C24H17ClN2O4. The van der Waals surface area contributed by atoms with Gasteiger partial charge in [-0.05, 0) is 60.2 Å². The predicted octanol–water partition coefficient (Wildman–Crippen LogP) is 5.11. The number of hydrogen-bond acceptors (Lipinski definition) is 5. The molecule has 0 radical (unpaired) electrons. The Kier molecular flexibility index (Phi) is 7.05. The normalized spacial score (nSPS) is 10.7. The molecule has 0 unspecified atom stereocenters. The van der Waals surface area contributed by atoms with Gasteiger partial charge in [-0.1, -0.05) is 35.9 Å². The van der Waals surface area contributed by atoms with Gasteiger partial charge in [-0.3, -0.25) is 4.79 Å². The zero-order valence-corrected chi connectivity index (χ0v) is 17.2. The first-order valence-corrected chi connectivity index (χ1v) is 9.52. The van der Waals surface area contributed by atoms with Crippen LogP contribution in [-0.2, 0) is 4.79 Å². The summed E-state index contributed by atoms with van der Waals surface area (Å²) >= 11 is 5.83. The third-order valence-corrected chi connectivity index (χ3v) is 4.43. The second-order valence-corrected chi connectivity index (χ2v) is 6.73. The molecule has 1 amide bonds. The quantitative estimate of drug-likeness (QED) is 0.253. The fourth-order valence-corrected chi connectivity index (χ4v) is 2.76. The van der Waals surface area contributed by atoms with Gasteiger partial charge in [0.1, 0.15) is 11.6 Å². The van der Waals surface area contributed by atoms with Gasteiger partial charge < -0.3 is 14.8 Å². The molecule has 0 heterocycles. The smallest absolute Gasteiger partial charge is 0.343 e. The Morgan fingerprint density at radius 3 is 2.35 bits per heavy atom. The average Bonchev–Trinajstić information content (AvgIpc) is 2.80. The lowest BCUT2D eigenvalue weighted by atomic mass is 10.1.